The number of rotatable bonds is 3. The Bertz CT molecular complexity index is 19.5. The Balaban J connectivity index is 2.34. The van der Waals surface area contributed by atoms with Gasteiger partial charge in [-0.1, -0.05) is 13.3 Å². The van der Waals surface area contributed by atoms with Crippen molar-refractivity contribution in [2.75, 3.05) is 5.75 Å². The average molecular weight is 105 g/mol. The second-order valence-electron chi connectivity index (χ2n) is 1.04. The molecule has 0 atom stereocenters. The van der Waals surface area contributed by atoms with E-state index in [1.807, 2.05) is 0 Å². The molecule has 6 heavy (non-hydrogen) atoms. The Morgan fingerprint density at radius 3 is 2.50 bits per heavy atom. The first kappa shape index (κ1) is 6.31. The third kappa shape index (κ3) is 4.31. The summed E-state index contributed by atoms with van der Waals surface area (Å²) in [5.74, 6) is 0.823. The molecule has 0 bridgehead atoms. The van der Waals surface area contributed by atoms with Crippen molar-refractivity contribution in [2.24, 2.45) is 0 Å². The van der Waals surface area contributed by atoms with Crippen molar-refractivity contribution in [1.82, 2.24) is 0 Å². The summed E-state index contributed by atoms with van der Waals surface area (Å²) in [5, 5.41) is 0. The molecule has 0 aromatic heterocycles. The molecule has 0 amide bonds. The Kier molecular flexibility index (Phi) is 5.58. The van der Waals surface area contributed by atoms with E-state index in [9.17, 15) is 0 Å². The van der Waals surface area contributed by atoms with Crippen LogP contribution in [-0.2, 0) is 0 Å². The summed E-state index contributed by atoms with van der Waals surface area (Å²) in [6.45, 7) is 3.60. The van der Waals surface area contributed by atoms with Crippen LogP contribution in [0.2, 0.25) is 0 Å². The maximum absolute atomic E-state index is 8.09. The molecular formula is C4H9OS. The van der Waals surface area contributed by atoms with Gasteiger partial charge in [0.05, 0.1) is 0 Å². The molecule has 0 saturated carbocycles. The number of hydrogen-bond acceptors (Lipinski definition) is 2. The molecule has 1 radical (unpaired) electrons. The van der Waals surface area contributed by atoms with Crippen LogP contribution in [0, 0.1) is 6.92 Å². The normalized spacial score (nSPS) is 9.00. The van der Waals surface area contributed by atoms with Crippen molar-refractivity contribution in [1.29, 1.82) is 0 Å². The van der Waals surface area contributed by atoms with Crippen LogP contribution in [0.4, 0.5) is 0 Å². The zero-order valence-electron chi connectivity index (χ0n) is 3.68. The van der Waals surface area contributed by atoms with Crippen LogP contribution < -0.4 is 0 Å². The summed E-state index contributed by atoms with van der Waals surface area (Å²) in [7, 11) is 0. The summed E-state index contributed by atoms with van der Waals surface area (Å²) < 4.78 is 8.09. The third-order valence-electron chi connectivity index (χ3n) is 0.486. The lowest BCUT2D eigenvalue weighted by molar-refractivity contribution is 0.660. The van der Waals surface area contributed by atoms with Crippen LogP contribution in [0.1, 0.15) is 12.8 Å². The highest BCUT2D eigenvalue weighted by Gasteiger charge is 1.77. The largest absolute Gasteiger partial charge is 0.330 e. The first-order valence-electron chi connectivity index (χ1n) is 1.97. The standard InChI is InChI=1S/C4H9OS/c1-2-3-4-6-5/h5H,1-4H2. The summed E-state index contributed by atoms with van der Waals surface area (Å²) >= 11 is 0.886. The zero-order valence-corrected chi connectivity index (χ0v) is 4.50. The van der Waals surface area contributed by atoms with Crippen molar-refractivity contribution in [2.45, 2.75) is 12.8 Å². The molecule has 0 spiro atoms. The van der Waals surface area contributed by atoms with Gasteiger partial charge in [0.1, 0.15) is 0 Å². The molecule has 0 aliphatic rings. The van der Waals surface area contributed by atoms with Crippen LogP contribution in [0.15, 0.2) is 0 Å². The molecule has 1 N–H and O–H groups in total. The van der Waals surface area contributed by atoms with Gasteiger partial charge in [-0.25, -0.2) is 0 Å². The monoisotopic (exact) mass is 105 g/mol. The zero-order chi connectivity index (χ0) is 4.83. The van der Waals surface area contributed by atoms with E-state index >= 15 is 0 Å². The van der Waals surface area contributed by atoms with Crippen molar-refractivity contribution in [3.8, 4) is 0 Å². The van der Waals surface area contributed by atoms with Crippen LogP contribution in [0.5, 0.6) is 0 Å². The summed E-state index contributed by atoms with van der Waals surface area (Å²) in [6, 6.07) is 0. The van der Waals surface area contributed by atoms with Gasteiger partial charge in [0.15, 0.2) is 0 Å². The van der Waals surface area contributed by atoms with Gasteiger partial charge in [0.2, 0.25) is 0 Å². The molecule has 2 heteroatoms. The van der Waals surface area contributed by atoms with E-state index in [1.54, 1.807) is 0 Å². The van der Waals surface area contributed by atoms with Crippen LogP contribution in [0.25, 0.3) is 0 Å². The van der Waals surface area contributed by atoms with Gasteiger partial charge in [0.25, 0.3) is 0 Å². The topological polar surface area (TPSA) is 20.2 Å². The Morgan fingerprint density at radius 2 is 2.33 bits per heavy atom. The average Bonchev–Trinajstić information content (AvgIpc) is 1.61. The number of unbranched alkanes of at least 4 members (excludes halogenated alkanes) is 1. The van der Waals surface area contributed by atoms with E-state index in [4.69, 9.17) is 4.55 Å². The van der Waals surface area contributed by atoms with E-state index in [0.29, 0.717) is 0 Å². The van der Waals surface area contributed by atoms with Gasteiger partial charge in [0, 0.05) is 5.75 Å². The SMILES string of the molecule is [CH2]CCCSO. The van der Waals surface area contributed by atoms with Gasteiger partial charge in [-0.15, -0.1) is 0 Å². The molecule has 1 nitrogen and oxygen atoms in total. The first-order valence-corrected chi connectivity index (χ1v) is 2.91. The smallest absolute Gasteiger partial charge is 0.0195 e. The lowest BCUT2D eigenvalue weighted by atomic mass is 10.4. The molecule has 0 aliphatic carbocycles. The predicted molar refractivity (Wildman–Crippen MR) is 29.7 cm³/mol. The van der Waals surface area contributed by atoms with Gasteiger partial charge in [-0.3, -0.25) is 0 Å². The van der Waals surface area contributed by atoms with Crippen molar-refractivity contribution in [3.05, 3.63) is 6.92 Å². The summed E-state index contributed by atoms with van der Waals surface area (Å²) in [6.07, 6.45) is 1.94. The van der Waals surface area contributed by atoms with Gasteiger partial charge in [-0.05, 0) is 18.5 Å². The Labute approximate surface area is 43.0 Å². The second kappa shape index (κ2) is 5.31. The van der Waals surface area contributed by atoms with Crippen LogP contribution in [-0.4, -0.2) is 10.3 Å². The highest BCUT2D eigenvalue weighted by molar-refractivity contribution is 7.93. The lowest BCUT2D eigenvalue weighted by Crippen LogP contribution is -1.72. The van der Waals surface area contributed by atoms with Crippen molar-refractivity contribution >= 4 is 12.0 Å². The van der Waals surface area contributed by atoms with Gasteiger partial charge in [-0.2, -0.15) is 0 Å². The van der Waals surface area contributed by atoms with Gasteiger partial charge >= 0.3 is 0 Å². The fraction of sp³-hybridized carbons (Fsp3) is 0.750. The third-order valence-corrected chi connectivity index (χ3v) is 0.957. The molecule has 0 heterocycles. The summed E-state index contributed by atoms with van der Waals surface area (Å²) in [4.78, 5) is 0. The maximum atomic E-state index is 8.09. The minimum absolute atomic E-state index is 0.823. The van der Waals surface area contributed by atoms with Crippen molar-refractivity contribution < 1.29 is 4.55 Å². The minimum Gasteiger partial charge on any atom is -0.330 e. The molecule has 0 aliphatic heterocycles. The molecule has 0 aromatic carbocycles. The lowest BCUT2D eigenvalue weighted by Gasteiger charge is -1.84. The van der Waals surface area contributed by atoms with E-state index in [2.05, 4.69) is 6.92 Å². The summed E-state index contributed by atoms with van der Waals surface area (Å²) in [5.41, 5.74) is 0. The Morgan fingerprint density at radius 1 is 1.67 bits per heavy atom. The maximum Gasteiger partial charge on any atom is 0.0195 e. The van der Waals surface area contributed by atoms with Crippen LogP contribution in [0.3, 0.4) is 0 Å². The van der Waals surface area contributed by atoms with Gasteiger partial charge < -0.3 is 4.55 Å². The predicted octanol–water partition coefficient (Wildman–Crippen LogP) is 1.81. The van der Waals surface area contributed by atoms with Crippen LogP contribution >= 0.6 is 12.0 Å². The first-order chi connectivity index (χ1) is 2.91. The van der Waals surface area contributed by atoms with E-state index in [-0.39, 0.29) is 0 Å². The fourth-order valence-corrected chi connectivity index (χ4v) is 0.500. The highest BCUT2D eigenvalue weighted by atomic mass is 32.2. The highest BCUT2D eigenvalue weighted by Crippen LogP contribution is 1.95. The van der Waals surface area contributed by atoms with E-state index in [1.165, 1.54) is 0 Å². The molecular weight excluding hydrogens is 96.1 g/mol. The molecule has 0 fully saturated rings. The molecule has 0 rings (SSSR count). The minimum atomic E-state index is 0.823. The molecule has 0 aromatic rings. The fourth-order valence-electron chi connectivity index (χ4n) is 0.167. The molecule has 0 saturated heterocycles. The molecule has 0 unspecified atom stereocenters. The quantitative estimate of drug-likeness (QED) is 0.436. The Hall–Kier alpha value is 0.310. The number of hydrogen-bond donors (Lipinski definition) is 1. The van der Waals surface area contributed by atoms with E-state index < -0.39 is 0 Å². The molecule has 37 valence electrons. The van der Waals surface area contributed by atoms with E-state index in [0.717, 1.165) is 30.6 Å². The van der Waals surface area contributed by atoms with Crippen molar-refractivity contribution in [3.63, 3.8) is 0 Å². The second-order valence-corrected chi connectivity index (χ2v) is 1.71.